The normalized spacial score (nSPS) is 22.3. The molecular weight excluding hydrogens is 230 g/mol. The van der Waals surface area contributed by atoms with Gasteiger partial charge < -0.3 is 4.90 Å². The molecule has 1 heteroatoms. The molecule has 0 amide bonds. The molecule has 1 heterocycles. The predicted molar refractivity (Wildman–Crippen MR) is 83.0 cm³/mol. The second-order valence-electron chi connectivity index (χ2n) is 7.57. The fourth-order valence-electron chi connectivity index (χ4n) is 3.82. The van der Waals surface area contributed by atoms with Crippen molar-refractivity contribution >= 4 is 5.69 Å². The highest BCUT2D eigenvalue weighted by atomic mass is 15.2. The molecule has 0 bridgehead atoms. The Morgan fingerprint density at radius 2 is 1.95 bits per heavy atom. The zero-order valence-corrected chi connectivity index (χ0v) is 12.9. The van der Waals surface area contributed by atoms with E-state index in [0.717, 1.165) is 6.04 Å². The van der Waals surface area contributed by atoms with E-state index in [-0.39, 0.29) is 0 Å². The molecular formula is C18H27N. The Morgan fingerprint density at radius 3 is 2.58 bits per heavy atom. The second-order valence-corrected chi connectivity index (χ2v) is 7.57. The van der Waals surface area contributed by atoms with E-state index in [1.807, 2.05) is 0 Å². The summed E-state index contributed by atoms with van der Waals surface area (Å²) < 4.78 is 0. The van der Waals surface area contributed by atoms with Gasteiger partial charge in [0.2, 0.25) is 0 Å². The average molecular weight is 257 g/mol. The molecule has 0 saturated heterocycles. The highest BCUT2D eigenvalue weighted by Crippen LogP contribution is 2.45. The van der Waals surface area contributed by atoms with Gasteiger partial charge in [0.1, 0.15) is 0 Å². The van der Waals surface area contributed by atoms with Gasteiger partial charge in [0.15, 0.2) is 0 Å². The van der Waals surface area contributed by atoms with E-state index < -0.39 is 0 Å². The smallest absolute Gasteiger partial charge is 0.0401 e. The SMILES string of the molecule is CC(C)c1ccc2c(c1)CCCN2C1CC(C)(C)C1. The van der Waals surface area contributed by atoms with E-state index in [4.69, 9.17) is 0 Å². The topological polar surface area (TPSA) is 3.24 Å². The van der Waals surface area contributed by atoms with Crippen LogP contribution < -0.4 is 4.90 Å². The highest BCUT2D eigenvalue weighted by Gasteiger charge is 2.40. The van der Waals surface area contributed by atoms with E-state index in [1.54, 1.807) is 5.56 Å². The van der Waals surface area contributed by atoms with Gasteiger partial charge in [-0.05, 0) is 54.2 Å². The molecule has 1 saturated carbocycles. The van der Waals surface area contributed by atoms with E-state index in [0.29, 0.717) is 11.3 Å². The van der Waals surface area contributed by atoms with Gasteiger partial charge in [0.05, 0.1) is 0 Å². The summed E-state index contributed by atoms with van der Waals surface area (Å²) in [6, 6.07) is 7.97. The van der Waals surface area contributed by atoms with Gasteiger partial charge in [-0.15, -0.1) is 0 Å². The highest BCUT2D eigenvalue weighted by molar-refractivity contribution is 5.58. The van der Waals surface area contributed by atoms with Crippen molar-refractivity contribution in [3.63, 3.8) is 0 Å². The number of hydrogen-bond donors (Lipinski definition) is 0. The van der Waals surface area contributed by atoms with Gasteiger partial charge in [0, 0.05) is 18.3 Å². The van der Waals surface area contributed by atoms with Crippen LogP contribution in [0.15, 0.2) is 18.2 Å². The van der Waals surface area contributed by atoms with Crippen LogP contribution in [0.2, 0.25) is 0 Å². The lowest BCUT2D eigenvalue weighted by Gasteiger charge is -2.50. The minimum atomic E-state index is 0.570. The second kappa shape index (κ2) is 4.54. The van der Waals surface area contributed by atoms with Gasteiger partial charge in [-0.3, -0.25) is 0 Å². The molecule has 1 nitrogen and oxygen atoms in total. The molecule has 0 unspecified atom stereocenters. The number of hydrogen-bond acceptors (Lipinski definition) is 1. The predicted octanol–water partition coefficient (Wildman–Crippen LogP) is 4.75. The third-order valence-electron chi connectivity index (χ3n) is 4.94. The summed E-state index contributed by atoms with van der Waals surface area (Å²) in [6.07, 6.45) is 5.31. The van der Waals surface area contributed by atoms with Crippen LogP contribution in [0.25, 0.3) is 0 Å². The lowest BCUT2D eigenvalue weighted by molar-refractivity contribution is 0.145. The molecule has 0 aromatic heterocycles. The first-order valence-electron chi connectivity index (χ1n) is 7.86. The van der Waals surface area contributed by atoms with Gasteiger partial charge in [-0.2, -0.15) is 0 Å². The first kappa shape index (κ1) is 13.0. The maximum absolute atomic E-state index is 2.69. The number of aryl methyl sites for hydroxylation is 1. The van der Waals surface area contributed by atoms with Crippen LogP contribution in [0, 0.1) is 5.41 Å². The summed E-state index contributed by atoms with van der Waals surface area (Å²) >= 11 is 0. The fourth-order valence-corrected chi connectivity index (χ4v) is 3.82. The maximum atomic E-state index is 2.69. The number of anilines is 1. The molecule has 19 heavy (non-hydrogen) atoms. The van der Waals surface area contributed by atoms with Crippen LogP contribution in [0.3, 0.4) is 0 Å². The first-order valence-corrected chi connectivity index (χ1v) is 7.86. The van der Waals surface area contributed by atoms with Crippen molar-refractivity contribution in [2.24, 2.45) is 5.41 Å². The molecule has 1 fully saturated rings. The molecule has 3 rings (SSSR count). The lowest BCUT2D eigenvalue weighted by Crippen LogP contribution is -2.50. The van der Waals surface area contributed by atoms with Gasteiger partial charge in [-0.25, -0.2) is 0 Å². The molecule has 2 aliphatic rings. The quantitative estimate of drug-likeness (QED) is 0.739. The van der Waals surface area contributed by atoms with Crippen LogP contribution >= 0.6 is 0 Å². The molecule has 104 valence electrons. The summed E-state index contributed by atoms with van der Waals surface area (Å²) in [7, 11) is 0. The van der Waals surface area contributed by atoms with Crippen molar-refractivity contribution in [1.82, 2.24) is 0 Å². The summed E-state index contributed by atoms with van der Waals surface area (Å²) in [5, 5.41) is 0. The maximum Gasteiger partial charge on any atom is 0.0401 e. The Hall–Kier alpha value is -0.980. The summed E-state index contributed by atoms with van der Waals surface area (Å²) in [5.41, 5.74) is 5.17. The van der Waals surface area contributed by atoms with Crippen molar-refractivity contribution in [3.05, 3.63) is 29.3 Å². The van der Waals surface area contributed by atoms with Crippen molar-refractivity contribution in [3.8, 4) is 0 Å². The van der Waals surface area contributed by atoms with Gasteiger partial charge >= 0.3 is 0 Å². The van der Waals surface area contributed by atoms with Gasteiger partial charge in [0.25, 0.3) is 0 Å². The number of fused-ring (bicyclic) bond motifs is 1. The Bertz CT molecular complexity index is 465. The van der Waals surface area contributed by atoms with Crippen molar-refractivity contribution in [2.75, 3.05) is 11.4 Å². The summed E-state index contributed by atoms with van der Waals surface area (Å²) in [4.78, 5) is 2.69. The third-order valence-corrected chi connectivity index (χ3v) is 4.94. The fraction of sp³-hybridized carbons (Fsp3) is 0.667. The number of rotatable bonds is 2. The lowest BCUT2D eigenvalue weighted by atomic mass is 9.67. The standard InChI is InChI=1S/C18H27N/c1-13(2)14-7-8-17-15(10-14)6-5-9-19(17)16-11-18(3,4)12-16/h7-8,10,13,16H,5-6,9,11-12H2,1-4H3. The van der Waals surface area contributed by atoms with Crippen LogP contribution in [0.4, 0.5) is 5.69 Å². The van der Waals surface area contributed by atoms with Crippen molar-refractivity contribution in [2.45, 2.75) is 65.3 Å². The largest absolute Gasteiger partial charge is 0.368 e. The van der Waals surface area contributed by atoms with E-state index in [1.165, 1.54) is 43.5 Å². The monoisotopic (exact) mass is 257 g/mol. The minimum Gasteiger partial charge on any atom is -0.368 e. The van der Waals surface area contributed by atoms with E-state index in [9.17, 15) is 0 Å². The van der Waals surface area contributed by atoms with Crippen molar-refractivity contribution < 1.29 is 0 Å². The van der Waals surface area contributed by atoms with Crippen LogP contribution in [0.5, 0.6) is 0 Å². The number of benzene rings is 1. The van der Waals surface area contributed by atoms with E-state index in [2.05, 4.69) is 50.8 Å². The molecule has 0 radical (unpaired) electrons. The summed E-state index contributed by atoms with van der Waals surface area (Å²) in [5.74, 6) is 0.642. The molecule has 1 aromatic carbocycles. The van der Waals surface area contributed by atoms with Crippen LogP contribution in [-0.2, 0) is 6.42 Å². The Balaban J connectivity index is 1.85. The Labute approximate surface area is 118 Å². The van der Waals surface area contributed by atoms with Gasteiger partial charge in [-0.1, -0.05) is 39.8 Å². The number of nitrogens with zero attached hydrogens (tertiary/aromatic N) is 1. The van der Waals surface area contributed by atoms with Crippen molar-refractivity contribution in [1.29, 1.82) is 0 Å². The molecule has 0 spiro atoms. The Morgan fingerprint density at radius 1 is 1.21 bits per heavy atom. The molecule has 0 N–H and O–H groups in total. The van der Waals surface area contributed by atoms with Crippen LogP contribution in [-0.4, -0.2) is 12.6 Å². The third kappa shape index (κ3) is 2.40. The Kier molecular flexibility index (Phi) is 3.11. The minimum absolute atomic E-state index is 0.570. The zero-order valence-electron chi connectivity index (χ0n) is 12.9. The summed E-state index contributed by atoms with van der Waals surface area (Å²) in [6.45, 7) is 10.6. The molecule has 0 atom stereocenters. The molecule has 1 aliphatic heterocycles. The van der Waals surface area contributed by atoms with E-state index >= 15 is 0 Å². The first-order chi connectivity index (χ1) is 8.96. The molecule has 1 aliphatic carbocycles. The average Bonchev–Trinajstić information content (AvgIpc) is 2.34. The zero-order chi connectivity index (χ0) is 13.6. The van der Waals surface area contributed by atoms with Crippen LogP contribution in [0.1, 0.15) is 64.0 Å². The molecule has 1 aromatic rings.